The van der Waals surface area contributed by atoms with Crippen LogP contribution in [0.2, 0.25) is 5.02 Å². The van der Waals surface area contributed by atoms with E-state index >= 15 is 0 Å². The largest absolute Gasteiger partial charge is 0.507 e. The fourth-order valence-electron chi connectivity index (χ4n) is 3.29. The average Bonchev–Trinajstić information content (AvgIpc) is 3.23. The summed E-state index contributed by atoms with van der Waals surface area (Å²) in [6.07, 6.45) is 3.22. The lowest BCUT2D eigenvalue weighted by atomic mass is 10.0. The van der Waals surface area contributed by atoms with Gasteiger partial charge in [0.25, 0.3) is 5.91 Å². The van der Waals surface area contributed by atoms with E-state index in [-0.39, 0.29) is 23.6 Å². The lowest BCUT2D eigenvalue weighted by molar-refractivity contribution is 0.0780. The Morgan fingerprint density at radius 1 is 1.03 bits per heavy atom. The third-order valence-corrected chi connectivity index (χ3v) is 5.14. The van der Waals surface area contributed by atoms with Gasteiger partial charge in [-0.1, -0.05) is 29.8 Å². The Kier molecular flexibility index (Phi) is 5.60. The Labute approximate surface area is 183 Å². The van der Waals surface area contributed by atoms with Crippen molar-refractivity contribution in [3.63, 3.8) is 0 Å². The van der Waals surface area contributed by atoms with E-state index in [1.165, 1.54) is 11.0 Å². The number of halogens is 1. The van der Waals surface area contributed by atoms with Crippen molar-refractivity contribution in [2.75, 3.05) is 7.05 Å². The van der Waals surface area contributed by atoms with Crippen LogP contribution in [0.1, 0.15) is 16.1 Å². The summed E-state index contributed by atoms with van der Waals surface area (Å²) >= 11 is 6.31. The number of nitrogens with zero attached hydrogens (tertiary/aromatic N) is 4. The Morgan fingerprint density at radius 2 is 1.81 bits per heavy atom. The highest BCUT2D eigenvalue weighted by atomic mass is 35.5. The molecule has 7 nitrogen and oxygen atoms in total. The zero-order chi connectivity index (χ0) is 22.0. The molecule has 2 N–H and O–H groups in total. The number of amides is 1. The van der Waals surface area contributed by atoms with Crippen LogP contribution in [0.4, 0.5) is 0 Å². The molecule has 0 unspecified atom stereocenters. The van der Waals surface area contributed by atoms with Gasteiger partial charge < -0.3 is 15.1 Å². The minimum atomic E-state index is -0.409. The fraction of sp³-hybridized carbons (Fsp3) is 0.0870. The van der Waals surface area contributed by atoms with Crippen molar-refractivity contribution in [2.24, 2.45) is 0 Å². The number of carbonyl (C=O) groups is 1. The van der Waals surface area contributed by atoms with E-state index < -0.39 is 5.91 Å². The maximum absolute atomic E-state index is 13.0. The quantitative estimate of drug-likeness (QED) is 0.489. The topological polar surface area (TPSA) is 91.5 Å². The number of hydrogen-bond acceptors (Lipinski definition) is 5. The second-order valence-corrected chi connectivity index (χ2v) is 7.36. The number of phenolic OH excluding ortho intramolecular Hbond substituents is 2. The molecule has 1 amide bonds. The van der Waals surface area contributed by atoms with Crippen LogP contribution in [-0.2, 0) is 6.54 Å². The normalized spacial score (nSPS) is 10.8. The first-order chi connectivity index (χ1) is 15.0. The van der Waals surface area contributed by atoms with Gasteiger partial charge in [-0.3, -0.25) is 9.78 Å². The van der Waals surface area contributed by atoms with Crippen LogP contribution >= 0.6 is 11.6 Å². The van der Waals surface area contributed by atoms with Crippen molar-refractivity contribution < 1.29 is 15.0 Å². The van der Waals surface area contributed by atoms with Crippen molar-refractivity contribution >= 4 is 17.5 Å². The van der Waals surface area contributed by atoms with Crippen LogP contribution in [0.15, 0.2) is 73.1 Å². The minimum absolute atomic E-state index is 0.0538. The summed E-state index contributed by atoms with van der Waals surface area (Å²) in [7, 11) is 1.62. The van der Waals surface area contributed by atoms with Crippen molar-refractivity contribution in [2.45, 2.75) is 6.54 Å². The molecule has 8 heteroatoms. The van der Waals surface area contributed by atoms with Gasteiger partial charge >= 0.3 is 0 Å². The average molecular weight is 435 g/mol. The van der Waals surface area contributed by atoms with E-state index in [9.17, 15) is 15.0 Å². The van der Waals surface area contributed by atoms with Crippen molar-refractivity contribution in [3.8, 4) is 28.4 Å². The third kappa shape index (κ3) is 4.08. The zero-order valence-electron chi connectivity index (χ0n) is 16.6. The van der Waals surface area contributed by atoms with Gasteiger partial charge in [0, 0.05) is 24.9 Å². The fourth-order valence-corrected chi connectivity index (χ4v) is 3.50. The Morgan fingerprint density at radius 3 is 2.55 bits per heavy atom. The van der Waals surface area contributed by atoms with Crippen molar-refractivity contribution in [1.82, 2.24) is 19.7 Å². The Balaban J connectivity index is 1.72. The number of hydrogen-bond donors (Lipinski definition) is 2. The van der Waals surface area contributed by atoms with Crippen LogP contribution in [-0.4, -0.2) is 42.8 Å². The zero-order valence-corrected chi connectivity index (χ0v) is 17.4. The van der Waals surface area contributed by atoms with E-state index in [1.807, 2.05) is 18.2 Å². The SMILES string of the molecule is CN(Cc1ccccn1)C(=O)c1cc(-c2ccnn2-c2ccccc2Cl)c(O)cc1O. The van der Waals surface area contributed by atoms with E-state index in [2.05, 4.69) is 10.1 Å². The molecule has 2 aromatic heterocycles. The number of carbonyl (C=O) groups excluding carboxylic acids is 1. The second kappa shape index (κ2) is 8.49. The maximum atomic E-state index is 13.0. The van der Waals surface area contributed by atoms with E-state index in [4.69, 9.17) is 11.6 Å². The molecule has 2 heterocycles. The summed E-state index contributed by atoms with van der Waals surface area (Å²) in [6.45, 7) is 0.271. The molecule has 0 atom stereocenters. The van der Waals surface area contributed by atoms with Gasteiger partial charge in [0.15, 0.2) is 0 Å². The molecule has 0 saturated heterocycles. The van der Waals surface area contributed by atoms with Crippen LogP contribution in [0, 0.1) is 0 Å². The first-order valence-corrected chi connectivity index (χ1v) is 9.84. The molecule has 0 bridgehead atoms. The molecule has 4 rings (SSSR count). The molecule has 0 spiro atoms. The van der Waals surface area contributed by atoms with Gasteiger partial charge in [0.2, 0.25) is 0 Å². The molecule has 0 radical (unpaired) electrons. The van der Waals surface area contributed by atoms with Crippen LogP contribution in [0.3, 0.4) is 0 Å². The highest BCUT2D eigenvalue weighted by Gasteiger charge is 2.22. The summed E-state index contributed by atoms with van der Waals surface area (Å²) < 4.78 is 1.57. The first-order valence-electron chi connectivity index (χ1n) is 9.46. The number of benzene rings is 2. The molecule has 0 aliphatic rings. The summed E-state index contributed by atoms with van der Waals surface area (Å²) in [5, 5.41) is 25.7. The highest BCUT2D eigenvalue weighted by molar-refractivity contribution is 6.32. The van der Waals surface area contributed by atoms with Gasteiger partial charge in [0.05, 0.1) is 40.4 Å². The molecule has 0 aliphatic heterocycles. The second-order valence-electron chi connectivity index (χ2n) is 6.95. The third-order valence-electron chi connectivity index (χ3n) is 4.82. The number of para-hydroxylation sites is 1. The van der Waals surface area contributed by atoms with Crippen molar-refractivity contribution in [3.05, 3.63) is 89.3 Å². The number of phenols is 2. The Bertz CT molecular complexity index is 1240. The summed E-state index contributed by atoms with van der Waals surface area (Å²) in [5.74, 6) is -0.911. The number of pyridine rings is 1. The molecular formula is C23H19ClN4O3. The van der Waals surface area contributed by atoms with Gasteiger partial charge in [-0.25, -0.2) is 4.68 Å². The van der Waals surface area contributed by atoms with Crippen LogP contribution < -0.4 is 0 Å². The summed E-state index contributed by atoms with van der Waals surface area (Å²) in [5.41, 5.74) is 2.25. The van der Waals surface area contributed by atoms with Gasteiger partial charge in [-0.15, -0.1) is 0 Å². The van der Waals surface area contributed by atoms with Crippen molar-refractivity contribution in [1.29, 1.82) is 0 Å². The molecule has 0 aliphatic carbocycles. The van der Waals surface area contributed by atoms with E-state index in [1.54, 1.807) is 54.5 Å². The van der Waals surface area contributed by atoms with Gasteiger partial charge in [-0.05, 0) is 36.4 Å². The summed E-state index contributed by atoms with van der Waals surface area (Å²) in [4.78, 5) is 18.7. The Hall–Kier alpha value is -3.84. The predicted molar refractivity (Wildman–Crippen MR) is 117 cm³/mol. The van der Waals surface area contributed by atoms with Crippen LogP contribution in [0.5, 0.6) is 11.5 Å². The van der Waals surface area contributed by atoms with Gasteiger partial charge in [-0.2, -0.15) is 5.10 Å². The van der Waals surface area contributed by atoms with E-state index in [0.29, 0.717) is 27.7 Å². The highest BCUT2D eigenvalue weighted by Crippen LogP contribution is 2.37. The molecule has 31 heavy (non-hydrogen) atoms. The minimum Gasteiger partial charge on any atom is -0.507 e. The number of rotatable bonds is 5. The first kappa shape index (κ1) is 20.4. The standard InChI is InChI=1S/C23H19ClN4O3/c1-27(14-15-6-4-5-10-25-15)23(31)17-12-16(21(29)13-22(17)30)19-9-11-26-28(19)20-8-3-2-7-18(20)24/h2-13,29-30H,14H2,1H3. The molecule has 4 aromatic rings. The van der Waals surface area contributed by atoms with Crippen LogP contribution in [0.25, 0.3) is 16.9 Å². The molecule has 0 saturated carbocycles. The molecule has 0 fully saturated rings. The predicted octanol–water partition coefficient (Wildman–Crippen LogP) is 4.27. The smallest absolute Gasteiger partial charge is 0.257 e. The monoisotopic (exact) mass is 434 g/mol. The molecule has 156 valence electrons. The number of aromatic nitrogens is 3. The maximum Gasteiger partial charge on any atom is 0.257 e. The van der Waals surface area contributed by atoms with E-state index in [0.717, 1.165) is 6.07 Å². The van der Waals surface area contributed by atoms with Gasteiger partial charge in [0.1, 0.15) is 11.5 Å². The molecular weight excluding hydrogens is 416 g/mol. The molecule has 2 aromatic carbocycles. The number of aromatic hydroxyl groups is 2. The lowest BCUT2D eigenvalue weighted by Crippen LogP contribution is -2.26. The summed E-state index contributed by atoms with van der Waals surface area (Å²) in [6, 6.07) is 16.9. The lowest BCUT2D eigenvalue weighted by Gasteiger charge is -2.19.